The number of aryl methyl sites for hydroxylation is 3. The molecule has 1 saturated heterocycles. The summed E-state index contributed by atoms with van der Waals surface area (Å²) in [6.07, 6.45) is -0.487. The molecular weight excluding hydrogens is 330 g/mol. The number of ether oxygens (including phenoxy) is 1. The van der Waals surface area contributed by atoms with Crippen molar-refractivity contribution in [3.05, 3.63) is 46.8 Å². The maximum Gasteiger partial charge on any atom is 0.150 e. The average Bonchev–Trinajstić information content (AvgIpc) is 2.99. The molecule has 26 heavy (non-hydrogen) atoms. The van der Waals surface area contributed by atoms with Gasteiger partial charge in [-0.3, -0.25) is 9.80 Å². The molecule has 1 aromatic carbocycles. The number of hydrogen-bond acceptors (Lipinski definition) is 6. The van der Waals surface area contributed by atoms with Crippen molar-refractivity contribution in [2.24, 2.45) is 0 Å². The fourth-order valence-corrected chi connectivity index (χ4v) is 3.40. The summed E-state index contributed by atoms with van der Waals surface area (Å²) < 4.78 is 11.1. The minimum absolute atomic E-state index is 0.320. The number of nitrogens with zero attached hydrogens (tertiary/aromatic N) is 3. The summed E-state index contributed by atoms with van der Waals surface area (Å²) in [7, 11) is 0. The van der Waals surface area contributed by atoms with Crippen molar-refractivity contribution in [1.29, 1.82) is 0 Å². The lowest BCUT2D eigenvalue weighted by Gasteiger charge is -2.35. The molecule has 142 valence electrons. The normalized spacial score (nSPS) is 17.4. The van der Waals surface area contributed by atoms with E-state index >= 15 is 0 Å². The predicted octanol–water partition coefficient (Wildman–Crippen LogP) is 2.16. The molecule has 6 nitrogen and oxygen atoms in total. The minimum atomic E-state index is -0.487. The van der Waals surface area contributed by atoms with E-state index in [4.69, 9.17) is 9.26 Å². The van der Waals surface area contributed by atoms with Crippen molar-refractivity contribution in [3.63, 3.8) is 0 Å². The maximum absolute atomic E-state index is 10.3. The summed E-state index contributed by atoms with van der Waals surface area (Å²) in [6, 6.07) is 8.11. The highest BCUT2D eigenvalue weighted by atomic mass is 16.5. The Kier molecular flexibility index (Phi) is 6.29. The Bertz CT molecular complexity index is 688. The van der Waals surface area contributed by atoms with Crippen LogP contribution in [0.3, 0.4) is 0 Å². The Morgan fingerprint density at radius 3 is 2.31 bits per heavy atom. The first-order chi connectivity index (χ1) is 12.5. The summed E-state index contributed by atoms with van der Waals surface area (Å²) in [6.45, 7) is 11.6. The van der Waals surface area contributed by atoms with Gasteiger partial charge in [0.2, 0.25) is 0 Å². The maximum atomic E-state index is 10.3. The van der Waals surface area contributed by atoms with Gasteiger partial charge in [0, 0.05) is 38.8 Å². The van der Waals surface area contributed by atoms with Gasteiger partial charge in [-0.25, -0.2) is 0 Å². The molecule has 0 aliphatic carbocycles. The van der Waals surface area contributed by atoms with E-state index in [2.05, 4.69) is 34.9 Å². The molecule has 0 amide bonds. The zero-order chi connectivity index (χ0) is 18.5. The number of rotatable bonds is 7. The second kappa shape index (κ2) is 8.66. The molecule has 1 fully saturated rings. The van der Waals surface area contributed by atoms with Crippen LogP contribution in [0.5, 0.6) is 5.75 Å². The van der Waals surface area contributed by atoms with E-state index in [9.17, 15) is 5.11 Å². The van der Waals surface area contributed by atoms with E-state index in [1.165, 1.54) is 11.1 Å². The topological polar surface area (TPSA) is 62.0 Å². The molecule has 3 rings (SSSR count). The lowest BCUT2D eigenvalue weighted by atomic mass is 10.1. The van der Waals surface area contributed by atoms with Crippen molar-refractivity contribution in [3.8, 4) is 5.75 Å². The van der Waals surface area contributed by atoms with Gasteiger partial charge in [-0.05, 0) is 44.0 Å². The van der Waals surface area contributed by atoms with Crippen molar-refractivity contribution >= 4 is 0 Å². The molecule has 0 bridgehead atoms. The molecule has 1 aromatic heterocycles. The Labute approximate surface area is 155 Å². The van der Waals surface area contributed by atoms with E-state index in [1.54, 1.807) is 0 Å². The molecule has 0 spiro atoms. The Balaban J connectivity index is 1.38. The van der Waals surface area contributed by atoms with Crippen LogP contribution >= 0.6 is 0 Å². The van der Waals surface area contributed by atoms with E-state index in [1.807, 2.05) is 25.1 Å². The van der Waals surface area contributed by atoms with Crippen LogP contribution in [0.25, 0.3) is 0 Å². The smallest absolute Gasteiger partial charge is 0.150 e. The van der Waals surface area contributed by atoms with Crippen LogP contribution in [-0.2, 0) is 6.54 Å². The van der Waals surface area contributed by atoms with Gasteiger partial charge in [-0.15, -0.1) is 0 Å². The van der Waals surface area contributed by atoms with Crippen molar-refractivity contribution in [2.75, 3.05) is 39.3 Å². The van der Waals surface area contributed by atoms with E-state index < -0.39 is 6.10 Å². The van der Waals surface area contributed by atoms with Crippen molar-refractivity contribution in [1.82, 2.24) is 15.0 Å². The highest BCUT2D eigenvalue weighted by Gasteiger charge is 2.20. The number of aliphatic hydroxyl groups excluding tert-OH is 1. The molecule has 6 heteroatoms. The van der Waals surface area contributed by atoms with Crippen LogP contribution in [-0.4, -0.2) is 65.5 Å². The van der Waals surface area contributed by atoms with Crippen LogP contribution in [0.4, 0.5) is 0 Å². The van der Waals surface area contributed by atoms with Crippen LogP contribution in [0.15, 0.2) is 28.8 Å². The molecule has 1 N–H and O–H groups in total. The second-order valence-corrected chi connectivity index (χ2v) is 7.30. The standard InChI is InChI=1S/C20H29N3O3/c1-15-8-16(2)10-19(9-15)25-14-18(24)12-22-4-6-23(7-5-22)13-20-11-17(3)21-26-20/h8-11,18,24H,4-7,12-14H2,1-3H3. The first-order valence-electron chi connectivity index (χ1n) is 9.24. The third-order valence-corrected chi connectivity index (χ3v) is 4.63. The van der Waals surface area contributed by atoms with E-state index in [-0.39, 0.29) is 0 Å². The number of benzene rings is 1. The second-order valence-electron chi connectivity index (χ2n) is 7.30. The molecule has 1 unspecified atom stereocenters. The average molecular weight is 359 g/mol. The zero-order valence-corrected chi connectivity index (χ0v) is 15.9. The summed E-state index contributed by atoms with van der Waals surface area (Å²) in [5.74, 6) is 1.74. The van der Waals surface area contributed by atoms with E-state index in [0.29, 0.717) is 13.2 Å². The van der Waals surface area contributed by atoms with Gasteiger partial charge >= 0.3 is 0 Å². The molecule has 0 saturated carbocycles. The molecule has 0 radical (unpaired) electrons. The summed E-state index contributed by atoms with van der Waals surface area (Å²) in [5, 5.41) is 14.2. The third kappa shape index (κ3) is 5.56. The van der Waals surface area contributed by atoms with Gasteiger partial charge in [0.25, 0.3) is 0 Å². The van der Waals surface area contributed by atoms with E-state index in [0.717, 1.165) is 49.9 Å². The molecule has 2 heterocycles. The highest BCUT2D eigenvalue weighted by Crippen LogP contribution is 2.16. The Morgan fingerprint density at radius 2 is 1.69 bits per heavy atom. The predicted molar refractivity (Wildman–Crippen MR) is 100 cm³/mol. The van der Waals surface area contributed by atoms with Gasteiger partial charge < -0.3 is 14.4 Å². The van der Waals surface area contributed by atoms with Crippen LogP contribution < -0.4 is 4.74 Å². The SMILES string of the molecule is Cc1cc(C)cc(OCC(O)CN2CCN(Cc3cc(C)no3)CC2)c1. The number of hydrogen-bond donors (Lipinski definition) is 1. The number of aromatic nitrogens is 1. The first-order valence-corrected chi connectivity index (χ1v) is 9.24. The largest absolute Gasteiger partial charge is 0.491 e. The molecule has 1 aliphatic rings. The van der Waals surface area contributed by atoms with Gasteiger partial charge in [0.1, 0.15) is 18.5 Å². The molecule has 2 aromatic rings. The van der Waals surface area contributed by atoms with Gasteiger partial charge in [-0.1, -0.05) is 11.2 Å². The Hall–Kier alpha value is -1.89. The zero-order valence-electron chi connectivity index (χ0n) is 15.9. The third-order valence-electron chi connectivity index (χ3n) is 4.63. The fourth-order valence-electron chi connectivity index (χ4n) is 3.40. The van der Waals surface area contributed by atoms with Gasteiger partial charge in [0.15, 0.2) is 5.76 Å². The fraction of sp³-hybridized carbons (Fsp3) is 0.550. The monoisotopic (exact) mass is 359 g/mol. The minimum Gasteiger partial charge on any atom is -0.491 e. The lowest BCUT2D eigenvalue weighted by Crippen LogP contribution is -2.48. The Morgan fingerprint density at radius 1 is 1.04 bits per heavy atom. The van der Waals surface area contributed by atoms with Gasteiger partial charge in [0.05, 0.1) is 12.2 Å². The van der Waals surface area contributed by atoms with Gasteiger partial charge in [-0.2, -0.15) is 0 Å². The van der Waals surface area contributed by atoms with Crippen LogP contribution in [0, 0.1) is 20.8 Å². The molecular formula is C20H29N3O3. The quantitative estimate of drug-likeness (QED) is 0.817. The summed E-state index contributed by atoms with van der Waals surface area (Å²) >= 11 is 0. The lowest BCUT2D eigenvalue weighted by molar-refractivity contribution is 0.0429. The summed E-state index contributed by atoms with van der Waals surface area (Å²) in [5.41, 5.74) is 3.27. The molecule has 1 aliphatic heterocycles. The number of aliphatic hydroxyl groups is 1. The van der Waals surface area contributed by atoms with Crippen molar-refractivity contribution < 1.29 is 14.4 Å². The van der Waals surface area contributed by atoms with Crippen LogP contribution in [0.2, 0.25) is 0 Å². The van der Waals surface area contributed by atoms with Crippen molar-refractivity contribution in [2.45, 2.75) is 33.4 Å². The number of β-amino-alcohol motifs (C(OH)–C–C–N with tert-alkyl or cyclic N) is 1. The van der Waals surface area contributed by atoms with Crippen LogP contribution in [0.1, 0.15) is 22.6 Å². The highest BCUT2D eigenvalue weighted by molar-refractivity contribution is 5.33. The number of piperazine rings is 1. The molecule has 1 atom stereocenters. The first kappa shape index (κ1) is 18.9. The summed E-state index contributed by atoms with van der Waals surface area (Å²) in [4.78, 5) is 4.65.